The van der Waals surface area contributed by atoms with Crippen LogP contribution in [0.2, 0.25) is 0 Å². The van der Waals surface area contributed by atoms with E-state index in [0.29, 0.717) is 23.2 Å². The predicted octanol–water partition coefficient (Wildman–Crippen LogP) is 4.44. The van der Waals surface area contributed by atoms with Crippen molar-refractivity contribution >= 4 is 23.4 Å². The Kier molecular flexibility index (Phi) is 5.84. The molecule has 0 saturated carbocycles. The Morgan fingerprint density at radius 3 is 2.65 bits per heavy atom. The zero-order valence-corrected chi connectivity index (χ0v) is 18.3. The fourth-order valence-electron chi connectivity index (χ4n) is 3.37. The topological polar surface area (TPSA) is 91.2 Å². The van der Waals surface area contributed by atoms with Crippen molar-refractivity contribution in [2.24, 2.45) is 0 Å². The van der Waals surface area contributed by atoms with E-state index in [9.17, 15) is 13.6 Å². The number of alkyl halides is 2. The number of rotatable bonds is 7. The number of aromatic nitrogens is 4. The molecule has 0 bridgehead atoms. The number of nitrogens with zero attached hydrogens (tertiary/aromatic N) is 4. The van der Waals surface area contributed by atoms with Crippen molar-refractivity contribution in [2.45, 2.75) is 18.0 Å². The first-order chi connectivity index (χ1) is 16.5. The Bertz CT molecular complexity index is 1320. The van der Waals surface area contributed by atoms with Crippen LogP contribution in [0.4, 0.5) is 14.5 Å². The van der Waals surface area contributed by atoms with Crippen LogP contribution in [0.15, 0.2) is 78.2 Å². The van der Waals surface area contributed by atoms with Gasteiger partial charge in [0.05, 0.1) is 12.3 Å². The molecular formula is C23H17F2N5O3S. The van der Waals surface area contributed by atoms with Gasteiger partial charge in [-0.15, -0.1) is 19.0 Å². The molecule has 4 aromatic rings. The van der Waals surface area contributed by atoms with Crippen molar-refractivity contribution in [1.82, 2.24) is 19.7 Å². The largest absolute Gasteiger partial charge is 0.586 e. The molecule has 1 aliphatic rings. The first kappa shape index (κ1) is 21.8. The van der Waals surface area contributed by atoms with E-state index in [2.05, 4.69) is 30.0 Å². The summed E-state index contributed by atoms with van der Waals surface area (Å²) in [6.45, 7) is 0.512. The van der Waals surface area contributed by atoms with Crippen molar-refractivity contribution in [3.63, 3.8) is 0 Å². The number of halogens is 2. The third-order valence-electron chi connectivity index (χ3n) is 4.84. The molecule has 1 amide bonds. The van der Waals surface area contributed by atoms with Crippen LogP contribution in [-0.2, 0) is 11.3 Å². The van der Waals surface area contributed by atoms with E-state index in [4.69, 9.17) is 0 Å². The van der Waals surface area contributed by atoms with Crippen molar-refractivity contribution in [3.8, 4) is 22.9 Å². The monoisotopic (exact) mass is 481 g/mol. The number of amides is 1. The molecule has 5 rings (SSSR count). The number of pyridine rings is 1. The first-order valence-electron chi connectivity index (χ1n) is 10.2. The van der Waals surface area contributed by atoms with Crippen LogP contribution in [0.25, 0.3) is 11.4 Å². The van der Waals surface area contributed by atoms with Crippen LogP contribution < -0.4 is 14.8 Å². The van der Waals surface area contributed by atoms with Crippen molar-refractivity contribution in [2.75, 3.05) is 11.1 Å². The van der Waals surface area contributed by atoms with E-state index >= 15 is 0 Å². The molecule has 34 heavy (non-hydrogen) atoms. The van der Waals surface area contributed by atoms with E-state index < -0.39 is 6.29 Å². The SMILES string of the molecule is O=C(CSc1nnc(-c2cccnc2)n1Cc1ccccc1)Nc1ccc2c(c1)OC(F)(F)O2. The maximum atomic E-state index is 13.2. The van der Waals surface area contributed by atoms with Crippen molar-refractivity contribution in [3.05, 3.63) is 78.6 Å². The number of thioether (sulfide) groups is 1. The van der Waals surface area contributed by atoms with Gasteiger partial charge in [-0.25, -0.2) is 0 Å². The molecule has 3 heterocycles. The molecule has 172 valence electrons. The Morgan fingerprint density at radius 1 is 1.03 bits per heavy atom. The van der Waals surface area contributed by atoms with Gasteiger partial charge in [-0.1, -0.05) is 42.1 Å². The van der Waals surface area contributed by atoms with Gasteiger partial charge in [-0.2, -0.15) is 0 Å². The highest BCUT2D eigenvalue weighted by Crippen LogP contribution is 2.42. The average Bonchev–Trinajstić information content (AvgIpc) is 3.37. The Hall–Kier alpha value is -3.99. The summed E-state index contributed by atoms with van der Waals surface area (Å²) in [6.07, 6.45) is -0.329. The summed E-state index contributed by atoms with van der Waals surface area (Å²) in [6, 6.07) is 17.6. The van der Waals surface area contributed by atoms with Crippen LogP contribution in [0.1, 0.15) is 5.56 Å². The first-order valence-corrected chi connectivity index (χ1v) is 11.2. The van der Waals surface area contributed by atoms with Gasteiger partial charge in [0.15, 0.2) is 22.5 Å². The second kappa shape index (κ2) is 9.10. The second-order valence-corrected chi connectivity index (χ2v) is 8.23. The minimum absolute atomic E-state index is 0.0323. The number of hydrogen-bond acceptors (Lipinski definition) is 7. The van der Waals surface area contributed by atoms with E-state index in [1.165, 1.54) is 30.0 Å². The molecule has 1 N–H and O–H groups in total. The molecule has 1 aliphatic heterocycles. The number of nitrogens with one attached hydrogen (secondary N) is 1. The van der Waals surface area contributed by atoms with Gasteiger partial charge in [-0.05, 0) is 29.8 Å². The summed E-state index contributed by atoms with van der Waals surface area (Å²) in [5.74, 6) is 0.0998. The number of anilines is 1. The second-order valence-electron chi connectivity index (χ2n) is 7.29. The number of carbonyl (C=O) groups excluding carboxylic acids is 1. The summed E-state index contributed by atoms with van der Waals surface area (Å²) in [5.41, 5.74) is 2.17. The van der Waals surface area contributed by atoms with E-state index in [1.807, 2.05) is 47.0 Å². The number of hydrogen-bond donors (Lipinski definition) is 1. The van der Waals surface area contributed by atoms with Crippen molar-refractivity contribution in [1.29, 1.82) is 0 Å². The lowest BCUT2D eigenvalue weighted by molar-refractivity contribution is -0.286. The van der Waals surface area contributed by atoms with Gasteiger partial charge in [0.25, 0.3) is 0 Å². The highest BCUT2D eigenvalue weighted by molar-refractivity contribution is 7.99. The highest BCUT2D eigenvalue weighted by atomic mass is 32.2. The van der Waals surface area contributed by atoms with Crippen LogP contribution in [-0.4, -0.2) is 37.7 Å². The molecule has 0 saturated heterocycles. The van der Waals surface area contributed by atoms with E-state index in [-0.39, 0.29) is 23.2 Å². The minimum atomic E-state index is -3.71. The summed E-state index contributed by atoms with van der Waals surface area (Å²) in [7, 11) is 0. The van der Waals surface area contributed by atoms with E-state index in [0.717, 1.165) is 11.1 Å². The Morgan fingerprint density at radius 2 is 1.85 bits per heavy atom. The lowest BCUT2D eigenvalue weighted by atomic mass is 10.2. The standard InChI is InChI=1S/C23H17F2N5O3S/c24-23(25)32-18-9-8-17(11-19(18)33-23)27-20(31)14-34-22-29-28-21(16-7-4-10-26-12-16)30(22)13-15-5-2-1-3-6-15/h1-12H,13-14H2,(H,27,31). The normalized spacial score (nSPS) is 13.6. The zero-order valence-electron chi connectivity index (χ0n) is 17.5. The Labute approximate surface area is 196 Å². The van der Waals surface area contributed by atoms with Crippen LogP contribution in [0.5, 0.6) is 11.5 Å². The third kappa shape index (κ3) is 4.84. The molecule has 2 aromatic carbocycles. The smallest absolute Gasteiger partial charge is 0.395 e. The summed E-state index contributed by atoms with van der Waals surface area (Å²) < 4.78 is 37.1. The van der Waals surface area contributed by atoms with Gasteiger partial charge in [0.2, 0.25) is 5.91 Å². The zero-order chi connectivity index (χ0) is 23.5. The van der Waals surface area contributed by atoms with Gasteiger partial charge in [-0.3, -0.25) is 14.3 Å². The highest BCUT2D eigenvalue weighted by Gasteiger charge is 2.43. The molecule has 0 radical (unpaired) electrons. The number of carbonyl (C=O) groups is 1. The molecule has 2 aromatic heterocycles. The Balaban J connectivity index is 1.31. The maximum Gasteiger partial charge on any atom is 0.586 e. The predicted molar refractivity (Wildman–Crippen MR) is 121 cm³/mol. The molecule has 0 atom stereocenters. The third-order valence-corrected chi connectivity index (χ3v) is 5.80. The molecule has 8 nitrogen and oxygen atoms in total. The lowest BCUT2D eigenvalue weighted by Gasteiger charge is -2.10. The number of fused-ring (bicyclic) bond motifs is 1. The van der Waals surface area contributed by atoms with Crippen LogP contribution in [0, 0.1) is 0 Å². The minimum Gasteiger partial charge on any atom is -0.395 e. The van der Waals surface area contributed by atoms with Gasteiger partial charge in [0, 0.05) is 29.7 Å². The van der Waals surface area contributed by atoms with Gasteiger partial charge < -0.3 is 14.8 Å². The molecule has 0 spiro atoms. The summed E-state index contributed by atoms with van der Waals surface area (Å²) in [5, 5.41) is 11.8. The quantitative estimate of drug-likeness (QED) is 0.390. The van der Waals surface area contributed by atoms with E-state index in [1.54, 1.807) is 12.4 Å². The molecule has 0 unspecified atom stereocenters. The molecule has 11 heteroatoms. The fraction of sp³-hybridized carbons (Fsp3) is 0.130. The average molecular weight is 481 g/mol. The molecular weight excluding hydrogens is 464 g/mol. The van der Waals surface area contributed by atoms with Gasteiger partial charge >= 0.3 is 6.29 Å². The maximum absolute atomic E-state index is 13.2. The lowest BCUT2D eigenvalue weighted by Crippen LogP contribution is -2.25. The summed E-state index contributed by atoms with van der Waals surface area (Å²) >= 11 is 1.22. The number of ether oxygens (including phenoxy) is 2. The summed E-state index contributed by atoms with van der Waals surface area (Å²) in [4.78, 5) is 16.7. The van der Waals surface area contributed by atoms with Crippen LogP contribution >= 0.6 is 11.8 Å². The van der Waals surface area contributed by atoms with Crippen molar-refractivity contribution < 1.29 is 23.0 Å². The molecule has 0 aliphatic carbocycles. The van der Waals surface area contributed by atoms with Crippen LogP contribution in [0.3, 0.4) is 0 Å². The van der Waals surface area contributed by atoms with Gasteiger partial charge in [0.1, 0.15) is 0 Å². The molecule has 0 fully saturated rings. The number of benzene rings is 2. The fourth-order valence-corrected chi connectivity index (χ4v) is 4.10.